The molecule has 5 unspecified atom stereocenters. The highest BCUT2D eigenvalue weighted by molar-refractivity contribution is 4.92. The Morgan fingerprint density at radius 3 is 2.59 bits per heavy atom. The van der Waals surface area contributed by atoms with E-state index in [2.05, 4.69) is 26.1 Å². The van der Waals surface area contributed by atoms with E-state index in [1.807, 2.05) is 0 Å². The summed E-state index contributed by atoms with van der Waals surface area (Å²) in [4.78, 5) is 0. The average Bonchev–Trinajstić information content (AvgIpc) is 2.90. The Kier molecular flexibility index (Phi) is 4.87. The van der Waals surface area contributed by atoms with Gasteiger partial charge in [-0.2, -0.15) is 0 Å². The van der Waals surface area contributed by atoms with Gasteiger partial charge in [0.15, 0.2) is 0 Å². The van der Waals surface area contributed by atoms with Crippen LogP contribution in [0.5, 0.6) is 0 Å². The Hall–Kier alpha value is -0.0800. The van der Waals surface area contributed by atoms with Crippen LogP contribution in [0.1, 0.15) is 52.9 Å². The first kappa shape index (κ1) is 13.4. The molecule has 2 fully saturated rings. The monoisotopic (exact) mass is 239 g/mol. The molecule has 17 heavy (non-hydrogen) atoms. The Morgan fingerprint density at radius 2 is 2.06 bits per heavy atom. The highest BCUT2D eigenvalue weighted by atomic mass is 16.5. The molecule has 2 aliphatic carbocycles. The van der Waals surface area contributed by atoms with E-state index in [-0.39, 0.29) is 0 Å². The van der Waals surface area contributed by atoms with Gasteiger partial charge in [-0.1, -0.05) is 13.3 Å². The van der Waals surface area contributed by atoms with Gasteiger partial charge in [-0.3, -0.25) is 0 Å². The molecular formula is C15H29NO. The van der Waals surface area contributed by atoms with E-state index in [1.54, 1.807) is 0 Å². The van der Waals surface area contributed by atoms with Crippen molar-refractivity contribution in [2.24, 2.45) is 17.8 Å². The molecule has 0 radical (unpaired) electrons. The van der Waals surface area contributed by atoms with Gasteiger partial charge in [0.1, 0.15) is 0 Å². The fourth-order valence-corrected chi connectivity index (χ4v) is 4.07. The number of hydrogen-bond acceptors (Lipinski definition) is 2. The summed E-state index contributed by atoms with van der Waals surface area (Å²) < 4.78 is 5.78. The predicted molar refractivity (Wildman–Crippen MR) is 72.1 cm³/mol. The summed E-state index contributed by atoms with van der Waals surface area (Å²) in [6, 6.07) is 0.560. The minimum atomic E-state index is 0.360. The van der Waals surface area contributed by atoms with E-state index in [9.17, 15) is 0 Å². The van der Waals surface area contributed by atoms with E-state index < -0.39 is 0 Å². The smallest absolute Gasteiger partial charge is 0.0699 e. The molecule has 0 aromatic carbocycles. The van der Waals surface area contributed by atoms with E-state index in [1.165, 1.54) is 32.1 Å². The predicted octanol–water partition coefficient (Wildman–Crippen LogP) is 3.22. The number of rotatable bonds is 7. The van der Waals surface area contributed by atoms with Crippen LogP contribution in [-0.4, -0.2) is 25.3 Å². The molecule has 2 heteroatoms. The fourth-order valence-electron chi connectivity index (χ4n) is 4.07. The van der Waals surface area contributed by atoms with E-state index in [0.717, 1.165) is 30.9 Å². The largest absolute Gasteiger partial charge is 0.377 e. The molecule has 0 heterocycles. The summed E-state index contributed by atoms with van der Waals surface area (Å²) in [5, 5.41) is 3.63. The van der Waals surface area contributed by atoms with Gasteiger partial charge in [0.25, 0.3) is 0 Å². The normalized spacial score (nSPS) is 35.1. The molecule has 100 valence electrons. The summed E-state index contributed by atoms with van der Waals surface area (Å²) in [6.07, 6.45) is 7.71. The zero-order valence-corrected chi connectivity index (χ0v) is 11.7. The topological polar surface area (TPSA) is 21.3 Å². The zero-order valence-electron chi connectivity index (χ0n) is 11.7. The first-order valence-electron chi connectivity index (χ1n) is 7.59. The second kappa shape index (κ2) is 6.19. The SMILES string of the molecule is CCNC(CC1CC2CCC1C2)C(C)OCC. The van der Waals surface area contributed by atoms with Crippen LogP contribution >= 0.6 is 0 Å². The molecule has 0 amide bonds. The zero-order chi connectivity index (χ0) is 12.3. The number of nitrogens with one attached hydrogen (secondary N) is 1. The molecule has 2 rings (SSSR count). The molecule has 2 saturated carbocycles. The van der Waals surface area contributed by atoms with Crippen molar-refractivity contribution in [3.63, 3.8) is 0 Å². The lowest BCUT2D eigenvalue weighted by Crippen LogP contribution is -2.41. The van der Waals surface area contributed by atoms with Gasteiger partial charge in [-0.05, 0) is 63.8 Å². The van der Waals surface area contributed by atoms with Crippen LogP contribution in [0.25, 0.3) is 0 Å². The van der Waals surface area contributed by atoms with Gasteiger partial charge in [-0.25, -0.2) is 0 Å². The summed E-state index contributed by atoms with van der Waals surface area (Å²) in [5.41, 5.74) is 0. The Morgan fingerprint density at radius 1 is 1.24 bits per heavy atom. The minimum Gasteiger partial charge on any atom is -0.377 e. The highest BCUT2D eigenvalue weighted by Gasteiger charge is 2.40. The molecule has 0 aromatic heterocycles. The lowest BCUT2D eigenvalue weighted by Gasteiger charge is -2.30. The van der Waals surface area contributed by atoms with Gasteiger partial charge in [0.05, 0.1) is 6.10 Å². The third kappa shape index (κ3) is 3.23. The van der Waals surface area contributed by atoms with Crippen molar-refractivity contribution >= 4 is 0 Å². The van der Waals surface area contributed by atoms with Crippen LogP contribution in [-0.2, 0) is 4.74 Å². The van der Waals surface area contributed by atoms with Crippen molar-refractivity contribution < 1.29 is 4.74 Å². The van der Waals surface area contributed by atoms with Crippen molar-refractivity contribution in [3.8, 4) is 0 Å². The van der Waals surface area contributed by atoms with Crippen LogP contribution in [0.2, 0.25) is 0 Å². The summed E-state index contributed by atoms with van der Waals surface area (Å²) in [7, 11) is 0. The minimum absolute atomic E-state index is 0.360. The standard InChI is InChI=1S/C15H29NO/c1-4-16-15(11(3)17-5-2)10-14-9-12-6-7-13(14)8-12/h11-16H,4-10H2,1-3H3. The Balaban J connectivity index is 1.84. The lowest BCUT2D eigenvalue weighted by molar-refractivity contribution is 0.0380. The summed E-state index contributed by atoms with van der Waals surface area (Å²) in [6.45, 7) is 8.41. The molecule has 0 spiro atoms. The maximum Gasteiger partial charge on any atom is 0.0699 e. The fraction of sp³-hybridized carbons (Fsp3) is 1.00. The van der Waals surface area contributed by atoms with E-state index in [0.29, 0.717) is 12.1 Å². The maximum absolute atomic E-state index is 5.78. The lowest BCUT2D eigenvalue weighted by atomic mass is 9.83. The third-order valence-electron chi connectivity index (χ3n) is 4.90. The highest BCUT2D eigenvalue weighted by Crippen LogP contribution is 2.50. The van der Waals surface area contributed by atoms with Crippen molar-refractivity contribution in [1.29, 1.82) is 0 Å². The van der Waals surface area contributed by atoms with Crippen molar-refractivity contribution in [2.45, 2.75) is 65.0 Å². The molecule has 5 atom stereocenters. The van der Waals surface area contributed by atoms with Crippen LogP contribution < -0.4 is 5.32 Å². The summed E-state index contributed by atoms with van der Waals surface area (Å²) >= 11 is 0. The maximum atomic E-state index is 5.78. The number of likely N-dealkylation sites (N-methyl/N-ethyl adjacent to an activating group) is 1. The van der Waals surface area contributed by atoms with E-state index in [4.69, 9.17) is 4.74 Å². The molecule has 2 aliphatic rings. The van der Waals surface area contributed by atoms with Crippen molar-refractivity contribution in [1.82, 2.24) is 5.32 Å². The molecule has 1 N–H and O–H groups in total. The van der Waals surface area contributed by atoms with Crippen LogP contribution in [0, 0.1) is 17.8 Å². The average molecular weight is 239 g/mol. The second-order valence-corrected chi connectivity index (χ2v) is 6.00. The van der Waals surface area contributed by atoms with Crippen molar-refractivity contribution in [3.05, 3.63) is 0 Å². The van der Waals surface area contributed by atoms with Crippen LogP contribution in [0.3, 0.4) is 0 Å². The second-order valence-electron chi connectivity index (χ2n) is 6.00. The molecule has 2 nitrogen and oxygen atoms in total. The van der Waals surface area contributed by atoms with Gasteiger partial charge >= 0.3 is 0 Å². The van der Waals surface area contributed by atoms with Crippen molar-refractivity contribution in [2.75, 3.05) is 13.2 Å². The number of hydrogen-bond donors (Lipinski definition) is 1. The molecule has 0 aromatic rings. The first-order chi connectivity index (χ1) is 8.24. The molecule has 2 bridgehead atoms. The molecular weight excluding hydrogens is 210 g/mol. The Bertz CT molecular complexity index is 231. The summed E-state index contributed by atoms with van der Waals surface area (Å²) in [5.74, 6) is 3.07. The quantitative estimate of drug-likeness (QED) is 0.736. The van der Waals surface area contributed by atoms with Crippen LogP contribution in [0.4, 0.5) is 0 Å². The number of ether oxygens (including phenoxy) is 1. The third-order valence-corrected chi connectivity index (χ3v) is 4.90. The van der Waals surface area contributed by atoms with Gasteiger partial charge in [0, 0.05) is 12.6 Å². The van der Waals surface area contributed by atoms with Gasteiger partial charge < -0.3 is 10.1 Å². The Labute approximate surface area is 107 Å². The molecule has 0 aliphatic heterocycles. The van der Waals surface area contributed by atoms with Gasteiger partial charge in [0.2, 0.25) is 0 Å². The van der Waals surface area contributed by atoms with Crippen LogP contribution in [0.15, 0.2) is 0 Å². The first-order valence-corrected chi connectivity index (χ1v) is 7.59. The van der Waals surface area contributed by atoms with Gasteiger partial charge in [-0.15, -0.1) is 0 Å². The van der Waals surface area contributed by atoms with E-state index >= 15 is 0 Å². The number of fused-ring (bicyclic) bond motifs is 2. The molecule has 0 saturated heterocycles.